The second-order valence-corrected chi connectivity index (χ2v) is 11.1. The van der Waals surface area contributed by atoms with Crippen LogP contribution in [0.5, 0.6) is 0 Å². The molecule has 1 aromatic heterocycles. The van der Waals surface area contributed by atoms with Crippen LogP contribution in [0, 0.1) is 6.92 Å². The van der Waals surface area contributed by atoms with Crippen molar-refractivity contribution in [3.05, 3.63) is 137 Å². The van der Waals surface area contributed by atoms with Gasteiger partial charge in [-0.3, -0.25) is 14.5 Å². The van der Waals surface area contributed by atoms with Gasteiger partial charge in [0, 0.05) is 23.0 Å². The third-order valence-corrected chi connectivity index (χ3v) is 8.49. The summed E-state index contributed by atoms with van der Waals surface area (Å²) in [7, 11) is 0. The maximum absolute atomic E-state index is 14.3. The van der Waals surface area contributed by atoms with Crippen LogP contribution < -0.4 is 10.2 Å². The van der Waals surface area contributed by atoms with Gasteiger partial charge in [0.05, 0.1) is 11.3 Å². The first-order valence-electron chi connectivity index (χ1n) is 14.3. The SMILES string of the molecule is Cc1ccc([C@H]2c3[nH]c4ccccc4c3C[C@H]3C(=O)N(c4ccccc4C(=O)N[C@H](C(=O)O)c4ccccc4)C(=O)N23)cc1. The van der Waals surface area contributed by atoms with E-state index in [0.717, 1.165) is 38.2 Å². The number of amides is 4. The summed E-state index contributed by atoms with van der Waals surface area (Å²) < 4.78 is 0. The Morgan fingerprint density at radius 3 is 2.32 bits per heavy atom. The number of anilines is 1. The van der Waals surface area contributed by atoms with E-state index in [2.05, 4.69) is 10.3 Å². The fourth-order valence-corrected chi connectivity index (χ4v) is 6.39. The molecule has 9 heteroatoms. The topological polar surface area (TPSA) is 123 Å². The van der Waals surface area contributed by atoms with E-state index in [4.69, 9.17) is 0 Å². The molecule has 7 rings (SSSR count). The highest BCUT2D eigenvalue weighted by Gasteiger charge is 2.53. The number of carbonyl (C=O) groups is 4. The first kappa shape index (κ1) is 27.2. The van der Waals surface area contributed by atoms with Crippen LogP contribution in [0.3, 0.4) is 0 Å². The number of para-hydroxylation sites is 2. The van der Waals surface area contributed by atoms with Crippen LogP contribution in [0.15, 0.2) is 103 Å². The van der Waals surface area contributed by atoms with Crippen LogP contribution in [0.25, 0.3) is 10.9 Å². The van der Waals surface area contributed by atoms with Gasteiger partial charge in [-0.2, -0.15) is 0 Å². The van der Waals surface area contributed by atoms with Crippen LogP contribution in [-0.2, 0) is 16.0 Å². The molecule has 44 heavy (non-hydrogen) atoms. The van der Waals surface area contributed by atoms with Crippen molar-refractivity contribution in [1.29, 1.82) is 0 Å². The number of nitrogens with zero attached hydrogens (tertiary/aromatic N) is 2. The number of aliphatic carboxylic acids is 1. The molecule has 9 nitrogen and oxygen atoms in total. The lowest BCUT2D eigenvalue weighted by Crippen LogP contribution is -2.44. The predicted octanol–water partition coefficient (Wildman–Crippen LogP) is 5.51. The van der Waals surface area contributed by atoms with Gasteiger partial charge < -0.3 is 15.4 Å². The number of aromatic amines is 1. The van der Waals surface area contributed by atoms with Crippen molar-refractivity contribution < 1.29 is 24.3 Å². The Hall–Kier alpha value is -5.70. The molecule has 3 N–H and O–H groups in total. The predicted molar refractivity (Wildman–Crippen MR) is 164 cm³/mol. The highest BCUT2D eigenvalue weighted by Crippen LogP contribution is 2.45. The van der Waals surface area contributed by atoms with E-state index in [1.807, 2.05) is 55.5 Å². The van der Waals surface area contributed by atoms with Crippen molar-refractivity contribution in [3.8, 4) is 0 Å². The minimum atomic E-state index is -1.32. The van der Waals surface area contributed by atoms with Crippen molar-refractivity contribution in [1.82, 2.24) is 15.2 Å². The molecule has 0 radical (unpaired) electrons. The Balaban J connectivity index is 1.29. The molecule has 3 atom stereocenters. The standard InChI is InChI=1S/C35H28N4O5/c1-20-15-17-22(18-16-20)31-30-25(23-11-5-7-13-26(23)36-30)19-28-33(41)39(35(44)38(28)31)27-14-8-6-12-24(27)32(40)37-29(34(42)43)21-9-3-2-4-10-21/h2-18,28-29,31,36H,19H2,1H3,(H,37,40)(H,42,43)/t28-,29-,31-/m0/s1. The number of fused-ring (bicyclic) bond motifs is 4. The molecule has 2 aliphatic rings. The number of aromatic nitrogens is 1. The monoisotopic (exact) mass is 584 g/mol. The fourth-order valence-electron chi connectivity index (χ4n) is 6.39. The average molecular weight is 585 g/mol. The van der Waals surface area contributed by atoms with Crippen LogP contribution >= 0.6 is 0 Å². The third-order valence-electron chi connectivity index (χ3n) is 8.49. The Morgan fingerprint density at radius 2 is 1.57 bits per heavy atom. The van der Waals surface area contributed by atoms with Gasteiger partial charge in [-0.15, -0.1) is 0 Å². The number of nitrogens with one attached hydrogen (secondary N) is 2. The number of H-pyrrole nitrogens is 1. The van der Waals surface area contributed by atoms with E-state index >= 15 is 0 Å². The normalized spacial score (nSPS) is 18.2. The van der Waals surface area contributed by atoms with Crippen LogP contribution in [0.4, 0.5) is 10.5 Å². The van der Waals surface area contributed by atoms with Crippen molar-refractivity contribution >= 4 is 40.4 Å². The fraction of sp³-hybridized carbons (Fsp3) is 0.143. The minimum Gasteiger partial charge on any atom is -0.479 e. The van der Waals surface area contributed by atoms with E-state index in [1.54, 1.807) is 47.4 Å². The maximum atomic E-state index is 14.3. The largest absolute Gasteiger partial charge is 0.479 e. The molecule has 1 saturated heterocycles. The number of carboxylic acids is 1. The maximum Gasteiger partial charge on any atom is 0.332 e. The van der Waals surface area contributed by atoms with Crippen LogP contribution in [0.1, 0.15) is 50.4 Å². The van der Waals surface area contributed by atoms with Gasteiger partial charge in [0.25, 0.3) is 11.8 Å². The highest BCUT2D eigenvalue weighted by atomic mass is 16.4. The first-order valence-corrected chi connectivity index (χ1v) is 14.3. The molecule has 218 valence electrons. The molecule has 2 aliphatic heterocycles. The summed E-state index contributed by atoms with van der Waals surface area (Å²) in [6, 6.07) is 27.2. The summed E-state index contributed by atoms with van der Waals surface area (Å²) in [6.45, 7) is 1.99. The van der Waals surface area contributed by atoms with E-state index in [0.29, 0.717) is 12.0 Å². The lowest BCUT2D eigenvalue weighted by Gasteiger charge is -2.36. The summed E-state index contributed by atoms with van der Waals surface area (Å²) in [5.74, 6) is -2.39. The van der Waals surface area contributed by atoms with Crippen molar-refractivity contribution in [2.75, 3.05) is 4.90 Å². The van der Waals surface area contributed by atoms with Gasteiger partial charge in [-0.05, 0) is 41.8 Å². The lowest BCUT2D eigenvalue weighted by atomic mass is 9.88. The molecule has 0 bridgehead atoms. The molecule has 0 unspecified atom stereocenters. The molecular formula is C35H28N4O5. The van der Waals surface area contributed by atoms with Gasteiger partial charge in [-0.25, -0.2) is 14.5 Å². The van der Waals surface area contributed by atoms with E-state index < -0.39 is 41.9 Å². The Bertz CT molecular complexity index is 1950. The zero-order chi connectivity index (χ0) is 30.5. The van der Waals surface area contributed by atoms with E-state index in [-0.39, 0.29) is 11.3 Å². The van der Waals surface area contributed by atoms with Crippen molar-refractivity contribution in [2.24, 2.45) is 0 Å². The second-order valence-electron chi connectivity index (χ2n) is 11.1. The molecule has 5 aromatic rings. The van der Waals surface area contributed by atoms with Crippen LogP contribution in [0.2, 0.25) is 0 Å². The number of carbonyl (C=O) groups excluding carboxylic acids is 3. The number of benzene rings is 4. The summed E-state index contributed by atoms with van der Waals surface area (Å²) in [5.41, 5.74) is 5.20. The quantitative estimate of drug-likeness (QED) is 0.227. The molecule has 4 aromatic carbocycles. The van der Waals surface area contributed by atoms with Crippen LogP contribution in [-0.4, -0.2) is 44.8 Å². The van der Waals surface area contributed by atoms with Gasteiger partial charge in [0.2, 0.25) is 0 Å². The average Bonchev–Trinajstić information content (AvgIpc) is 3.53. The zero-order valence-corrected chi connectivity index (χ0v) is 23.7. The number of aryl methyl sites for hydroxylation is 1. The minimum absolute atomic E-state index is 0.0204. The van der Waals surface area contributed by atoms with Gasteiger partial charge in [0.1, 0.15) is 12.1 Å². The number of hydrogen-bond donors (Lipinski definition) is 3. The lowest BCUT2D eigenvalue weighted by molar-refractivity contribution is -0.139. The third kappa shape index (κ3) is 4.32. The molecule has 3 heterocycles. The van der Waals surface area contributed by atoms with Gasteiger partial charge >= 0.3 is 12.0 Å². The van der Waals surface area contributed by atoms with Gasteiger partial charge in [-0.1, -0.05) is 90.5 Å². The van der Waals surface area contributed by atoms with Crippen molar-refractivity contribution in [3.63, 3.8) is 0 Å². The van der Waals surface area contributed by atoms with E-state index in [9.17, 15) is 24.3 Å². The molecule has 0 spiro atoms. The summed E-state index contributed by atoms with van der Waals surface area (Å²) in [6.07, 6.45) is 0.312. The Morgan fingerprint density at radius 1 is 0.886 bits per heavy atom. The van der Waals surface area contributed by atoms with E-state index in [1.165, 1.54) is 12.1 Å². The summed E-state index contributed by atoms with van der Waals surface area (Å²) >= 11 is 0. The molecule has 0 saturated carbocycles. The highest BCUT2D eigenvalue weighted by molar-refractivity contribution is 6.24. The number of hydrogen-bond acceptors (Lipinski definition) is 4. The number of imide groups is 1. The van der Waals surface area contributed by atoms with Gasteiger partial charge in [0.15, 0.2) is 6.04 Å². The smallest absolute Gasteiger partial charge is 0.332 e. The summed E-state index contributed by atoms with van der Waals surface area (Å²) in [4.78, 5) is 60.4. The van der Waals surface area contributed by atoms with Crippen molar-refractivity contribution in [2.45, 2.75) is 31.5 Å². The first-order chi connectivity index (χ1) is 21.3. The second kappa shape index (κ2) is 10.5. The molecule has 4 amide bonds. The number of rotatable bonds is 6. The Kier molecular flexibility index (Phi) is 6.50. The summed E-state index contributed by atoms with van der Waals surface area (Å²) in [5, 5.41) is 13.4. The number of urea groups is 1. The number of carboxylic acid groups (broad SMARTS) is 1. The Labute approximate surface area is 252 Å². The molecule has 1 fully saturated rings. The molecule has 0 aliphatic carbocycles. The zero-order valence-electron chi connectivity index (χ0n) is 23.7. The molecular weight excluding hydrogens is 556 g/mol.